The summed E-state index contributed by atoms with van der Waals surface area (Å²) in [5.74, 6) is -1.54. The number of rotatable bonds is 6. The maximum atomic E-state index is 12.7. The van der Waals surface area contributed by atoms with E-state index in [0.717, 1.165) is 43.7 Å². The van der Waals surface area contributed by atoms with Crippen molar-refractivity contribution in [1.29, 1.82) is 0 Å². The zero-order valence-corrected chi connectivity index (χ0v) is 28.6. The molecular weight excluding hydrogens is 763 g/mol. The summed E-state index contributed by atoms with van der Waals surface area (Å²) in [5.41, 5.74) is 3.63. The van der Waals surface area contributed by atoms with Crippen LogP contribution in [0.5, 0.6) is 0 Å². The minimum atomic E-state index is -6.06. The Morgan fingerprint density at radius 3 is 1.95 bits per heavy atom. The van der Waals surface area contributed by atoms with Crippen molar-refractivity contribution < 1.29 is 74.0 Å². The van der Waals surface area contributed by atoms with Gasteiger partial charge in [0.2, 0.25) is 0 Å². The van der Waals surface area contributed by atoms with Crippen LogP contribution in [-0.4, -0.2) is 84.8 Å². The SMILES string of the molecule is CCCc1ccc(C(=O)Nc2cn3nc(N4CCCCCC4c4ccccn4)ccc3n2)cc1.FC(F)(F)C(F)(F)F.O=C(O)C(F)(F)F.O=CO.O=CO. The van der Waals surface area contributed by atoms with Crippen molar-refractivity contribution in [3.05, 3.63) is 83.8 Å². The molecule has 0 radical (unpaired) electrons. The summed E-state index contributed by atoms with van der Waals surface area (Å²) in [4.78, 5) is 49.9. The van der Waals surface area contributed by atoms with Crippen molar-refractivity contribution in [2.75, 3.05) is 16.8 Å². The molecule has 5 rings (SSSR count). The Balaban J connectivity index is 0.000000594. The highest BCUT2D eigenvalue weighted by Gasteiger charge is 2.58. The van der Waals surface area contributed by atoms with Gasteiger partial charge in [-0.25, -0.2) is 14.3 Å². The molecule has 1 amide bonds. The van der Waals surface area contributed by atoms with E-state index in [-0.39, 0.29) is 24.9 Å². The minimum absolute atomic E-state index is 0.172. The van der Waals surface area contributed by atoms with Crippen LogP contribution in [0.25, 0.3) is 5.65 Å². The Hall–Kier alpha value is -5.96. The average Bonchev–Trinajstić information content (AvgIpc) is 3.34. The fraction of sp³-hybridized carbons (Fsp3) is 0.364. The van der Waals surface area contributed by atoms with E-state index in [1.165, 1.54) is 18.4 Å². The summed E-state index contributed by atoms with van der Waals surface area (Å²) in [5, 5.41) is 28.7. The molecule has 4 aromatic rings. The van der Waals surface area contributed by atoms with Gasteiger partial charge in [0.25, 0.3) is 18.9 Å². The molecule has 1 unspecified atom stereocenters. The van der Waals surface area contributed by atoms with Gasteiger partial charge in [-0.2, -0.15) is 39.5 Å². The highest BCUT2D eigenvalue weighted by molar-refractivity contribution is 6.03. The van der Waals surface area contributed by atoms with Crippen molar-refractivity contribution >= 4 is 42.1 Å². The first-order chi connectivity index (χ1) is 25.7. The van der Waals surface area contributed by atoms with Gasteiger partial charge in [-0.3, -0.25) is 19.4 Å². The number of nitrogens with one attached hydrogen (secondary N) is 1. The quantitative estimate of drug-likeness (QED) is 0.111. The molecule has 0 saturated carbocycles. The molecule has 1 aliphatic heterocycles. The zero-order valence-electron chi connectivity index (χ0n) is 28.6. The van der Waals surface area contributed by atoms with Gasteiger partial charge in [-0.15, -0.1) is 5.10 Å². The Morgan fingerprint density at radius 2 is 1.45 bits per heavy atom. The van der Waals surface area contributed by atoms with Crippen molar-refractivity contribution in [3.63, 3.8) is 0 Å². The summed E-state index contributed by atoms with van der Waals surface area (Å²) in [7, 11) is 0. The first-order valence-electron chi connectivity index (χ1n) is 15.8. The van der Waals surface area contributed by atoms with Crippen LogP contribution in [-0.2, 0) is 20.8 Å². The van der Waals surface area contributed by atoms with Gasteiger partial charge < -0.3 is 25.5 Å². The van der Waals surface area contributed by atoms with Gasteiger partial charge in [0.1, 0.15) is 5.82 Å². The Morgan fingerprint density at radius 1 is 0.873 bits per heavy atom. The second-order valence-electron chi connectivity index (χ2n) is 10.8. The summed E-state index contributed by atoms with van der Waals surface area (Å²) < 4.78 is 96.1. The first kappa shape index (κ1) is 47.1. The molecule has 3 aromatic heterocycles. The molecule has 0 bridgehead atoms. The smallest absolute Gasteiger partial charge is 0.483 e. The number of hydrogen-bond acceptors (Lipinski definition) is 8. The van der Waals surface area contributed by atoms with E-state index in [9.17, 15) is 44.3 Å². The average molecular weight is 799 g/mol. The largest absolute Gasteiger partial charge is 0.490 e. The number of carbonyl (C=O) groups excluding carboxylic acids is 1. The number of hydrogen-bond donors (Lipinski definition) is 4. The predicted molar refractivity (Wildman–Crippen MR) is 177 cm³/mol. The van der Waals surface area contributed by atoms with Crippen LogP contribution in [0.4, 0.5) is 51.1 Å². The molecule has 1 fully saturated rings. The van der Waals surface area contributed by atoms with E-state index < -0.39 is 24.5 Å². The highest BCUT2D eigenvalue weighted by atomic mass is 19.5. The number of pyridine rings is 1. The molecule has 4 N–H and O–H groups in total. The number of halogens is 9. The number of carboxylic acids is 1. The molecule has 0 spiro atoms. The number of amides is 1. The topological polar surface area (TPSA) is 187 Å². The van der Waals surface area contributed by atoms with Gasteiger partial charge in [0.05, 0.1) is 17.9 Å². The number of alkyl halides is 9. The molecule has 4 heterocycles. The molecule has 1 saturated heterocycles. The van der Waals surface area contributed by atoms with Crippen LogP contribution < -0.4 is 10.2 Å². The summed E-state index contributed by atoms with van der Waals surface area (Å²) in [6, 6.07) is 18.0. The number of fused-ring (bicyclic) bond motifs is 1. The lowest BCUT2D eigenvalue weighted by atomic mass is 10.1. The number of aryl methyl sites for hydroxylation is 1. The third-order valence-corrected chi connectivity index (χ3v) is 6.94. The molecule has 22 heteroatoms. The monoisotopic (exact) mass is 798 g/mol. The normalized spacial score (nSPS) is 14.1. The molecule has 55 heavy (non-hydrogen) atoms. The molecule has 1 aromatic carbocycles. The van der Waals surface area contributed by atoms with E-state index in [2.05, 4.69) is 33.2 Å². The Labute approximate surface area is 306 Å². The lowest BCUT2D eigenvalue weighted by Crippen LogP contribution is -2.30. The van der Waals surface area contributed by atoms with Crippen LogP contribution in [0.1, 0.15) is 66.7 Å². The van der Waals surface area contributed by atoms with Gasteiger partial charge >= 0.3 is 24.5 Å². The van der Waals surface area contributed by atoms with E-state index in [0.29, 0.717) is 17.0 Å². The lowest BCUT2D eigenvalue weighted by molar-refractivity contribution is -0.339. The minimum Gasteiger partial charge on any atom is -0.483 e. The second kappa shape index (κ2) is 22.3. The Bertz CT molecular complexity index is 1750. The van der Waals surface area contributed by atoms with Crippen molar-refractivity contribution in [2.45, 2.75) is 70.0 Å². The van der Waals surface area contributed by atoms with Gasteiger partial charge in [0, 0.05) is 18.3 Å². The van der Waals surface area contributed by atoms with Crippen molar-refractivity contribution in [2.24, 2.45) is 0 Å². The van der Waals surface area contributed by atoms with Crippen LogP contribution >= 0.6 is 0 Å². The molecule has 0 aliphatic carbocycles. The maximum absolute atomic E-state index is 12.7. The molecule has 1 aliphatic rings. The number of imidazole rings is 1. The van der Waals surface area contributed by atoms with Crippen molar-refractivity contribution in [1.82, 2.24) is 19.6 Å². The second-order valence-corrected chi connectivity index (χ2v) is 10.8. The highest BCUT2D eigenvalue weighted by Crippen LogP contribution is 2.36. The Kier molecular flexibility index (Phi) is 19.1. The summed E-state index contributed by atoms with van der Waals surface area (Å²) in [6.07, 6.45) is -6.90. The van der Waals surface area contributed by atoms with E-state index in [1.807, 2.05) is 54.7 Å². The lowest BCUT2D eigenvalue weighted by Gasteiger charge is -2.30. The summed E-state index contributed by atoms with van der Waals surface area (Å²) in [6.45, 7) is 2.58. The molecule has 13 nitrogen and oxygen atoms in total. The third-order valence-electron chi connectivity index (χ3n) is 6.94. The number of carbonyl (C=O) groups is 4. The number of anilines is 2. The standard InChI is InChI=1S/C27H30N6O.C2F6.C2HF3O2.2CH2O2/c1-2-8-20-11-13-21(14-12-20)27(34)30-24-19-33-25(29-24)15-16-26(31-33)32-18-7-3-4-10-23(32)22-9-5-6-17-28-22;3-1(4,5)2(6,7)8;3-2(4,5)1(6)7;2*2-1-3/h5-6,9,11-17,19,23H,2-4,7-8,10,18H2,1H3,(H,30,34);;(H,6,7);2*1H,(H,2,3). The van der Waals surface area contributed by atoms with Gasteiger partial charge in [-0.1, -0.05) is 44.4 Å². The third kappa shape index (κ3) is 16.3. The van der Waals surface area contributed by atoms with E-state index in [1.54, 1.807) is 10.7 Å². The zero-order chi connectivity index (χ0) is 41.8. The number of nitrogens with zero attached hydrogens (tertiary/aromatic N) is 5. The van der Waals surface area contributed by atoms with Crippen molar-refractivity contribution in [3.8, 4) is 0 Å². The first-order valence-corrected chi connectivity index (χ1v) is 15.8. The van der Waals surface area contributed by atoms with Crippen LogP contribution in [0, 0.1) is 0 Å². The molecule has 302 valence electrons. The number of aliphatic carboxylic acids is 1. The van der Waals surface area contributed by atoms with E-state index >= 15 is 0 Å². The van der Waals surface area contributed by atoms with E-state index in [4.69, 9.17) is 34.8 Å². The van der Waals surface area contributed by atoms with Crippen LogP contribution in [0.3, 0.4) is 0 Å². The number of carboxylic acid groups (broad SMARTS) is 3. The van der Waals surface area contributed by atoms with Gasteiger partial charge in [0.15, 0.2) is 11.5 Å². The summed E-state index contributed by atoms with van der Waals surface area (Å²) >= 11 is 0. The fourth-order valence-electron chi connectivity index (χ4n) is 4.65. The molecule has 1 atom stereocenters. The van der Waals surface area contributed by atoms with Crippen LogP contribution in [0.2, 0.25) is 0 Å². The number of aromatic nitrogens is 4. The predicted octanol–water partition coefficient (Wildman–Crippen LogP) is 7.60. The van der Waals surface area contributed by atoms with Gasteiger partial charge in [-0.05, 0) is 61.2 Å². The molecular formula is C33H35F9N6O7. The van der Waals surface area contributed by atoms with Crippen LogP contribution in [0.15, 0.2) is 67.0 Å². The fourth-order valence-corrected chi connectivity index (χ4v) is 4.65. The number of benzene rings is 1. The maximum Gasteiger partial charge on any atom is 0.490 e.